The minimum atomic E-state index is 0.0694. The van der Waals surface area contributed by atoms with Crippen LogP contribution in [0.15, 0.2) is 42.5 Å². The third kappa shape index (κ3) is 3.23. The summed E-state index contributed by atoms with van der Waals surface area (Å²) in [5, 5.41) is 1.16. The van der Waals surface area contributed by atoms with Gasteiger partial charge in [-0.05, 0) is 24.3 Å². The summed E-state index contributed by atoms with van der Waals surface area (Å²) < 4.78 is 1.18. The molecular formula is C21H26N4S. The number of hydrogen-bond donors (Lipinski definition) is 1. The molecule has 0 spiro atoms. The lowest BCUT2D eigenvalue weighted by Gasteiger charge is -2.37. The molecule has 2 aromatic carbocycles. The molecule has 0 bridgehead atoms. The van der Waals surface area contributed by atoms with Gasteiger partial charge in [-0.15, -0.1) is 11.3 Å². The van der Waals surface area contributed by atoms with Gasteiger partial charge in [0.1, 0.15) is 0 Å². The van der Waals surface area contributed by atoms with Crippen molar-refractivity contribution in [1.82, 2.24) is 4.98 Å². The van der Waals surface area contributed by atoms with Crippen molar-refractivity contribution in [2.75, 3.05) is 41.7 Å². The van der Waals surface area contributed by atoms with Gasteiger partial charge in [0.2, 0.25) is 0 Å². The van der Waals surface area contributed by atoms with Crippen LogP contribution in [0.2, 0.25) is 0 Å². The van der Waals surface area contributed by atoms with Crippen molar-refractivity contribution in [2.45, 2.75) is 26.2 Å². The third-order valence-electron chi connectivity index (χ3n) is 4.92. The Morgan fingerprint density at radius 1 is 0.962 bits per heavy atom. The Hall–Kier alpha value is -2.27. The molecule has 0 atom stereocenters. The Labute approximate surface area is 159 Å². The number of fused-ring (bicyclic) bond motifs is 1. The van der Waals surface area contributed by atoms with Gasteiger partial charge in [-0.2, -0.15) is 0 Å². The largest absolute Gasteiger partial charge is 0.397 e. The molecule has 136 valence electrons. The van der Waals surface area contributed by atoms with Crippen LogP contribution in [0, 0.1) is 0 Å². The van der Waals surface area contributed by atoms with Crippen molar-refractivity contribution < 1.29 is 0 Å². The third-order valence-corrected chi connectivity index (χ3v) is 6.36. The summed E-state index contributed by atoms with van der Waals surface area (Å²) in [6.45, 7) is 10.6. The van der Waals surface area contributed by atoms with Crippen molar-refractivity contribution >= 4 is 38.6 Å². The Kier molecular flexibility index (Phi) is 4.27. The Balaban J connectivity index is 1.56. The van der Waals surface area contributed by atoms with E-state index in [-0.39, 0.29) is 5.41 Å². The topological polar surface area (TPSA) is 45.4 Å². The van der Waals surface area contributed by atoms with Gasteiger partial charge in [-0.1, -0.05) is 39.0 Å². The summed E-state index contributed by atoms with van der Waals surface area (Å²) in [4.78, 5) is 9.70. The molecule has 1 aliphatic heterocycles. The first-order valence-corrected chi connectivity index (χ1v) is 9.99. The van der Waals surface area contributed by atoms with Crippen LogP contribution >= 0.6 is 11.3 Å². The highest BCUT2D eigenvalue weighted by atomic mass is 32.1. The molecule has 0 radical (unpaired) electrons. The molecule has 0 saturated carbocycles. The molecule has 0 amide bonds. The van der Waals surface area contributed by atoms with Gasteiger partial charge < -0.3 is 15.5 Å². The summed E-state index contributed by atoms with van der Waals surface area (Å²) in [7, 11) is 0. The van der Waals surface area contributed by atoms with Crippen LogP contribution in [-0.4, -0.2) is 31.2 Å². The van der Waals surface area contributed by atoms with Gasteiger partial charge in [0.25, 0.3) is 0 Å². The van der Waals surface area contributed by atoms with Crippen molar-refractivity contribution in [1.29, 1.82) is 0 Å². The van der Waals surface area contributed by atoms with Crippen molar-refractivity contribution in [3.8, 4) is 0 Å². The molecule has 4 nitrogen and oxygen atoms in total. The SMILES string of the molecule is CC(C)(C)c1nc2cc(N3CCN(c4ccccc4)CC3)c(N)cc2s1. The summed E-state index contributed by atoms with van der Waals surface area (Å²) in [5.41, 5.74) is 10.8. The lowest BCUT2D eigenvalue weighted by Crippen LogP contribution is -2.46. The van der Waals surface area contributed by atoms with Crippen LogP contribution in [0.25, 0.3) is 10.2 Å². The maximum Gasteiger partial charge on any atom is 0.0992 e. The quantitative estimate of drug-likeness (QED) is 0.678. The number of thiazole rings is 1. The first-order valence-electron chi connectivity index (χ1n) is 9.17. The van der Waals surface area contributed by atoms with Crippen LogP contribution in [-0.2, 0) is 5.41 Å². The normalized spacial score (nSPS) is 15.7. The fraction of sp³-hybridized carbons (Fsp3) is 0.381. The second-order valence-electron chi connectivity index (χ2n) is 7.96. The maximum absolute atomic E-state index is 6.41. The zero-order valence-electron chi connectivity index (χ0n) is 15.7. The van der Waals surface area contributed by atoms with Crippen LogP contribution in [0.4, 0.5) is 17.1 Å². The number of aromatic nitrogens is 1. The van der Waals surface area contributed by atoms with Crippen LogP contribution in [0.5, 0.6) is 0 Å². The number of benzene rings is 2. The molecule has 5 heteroatoms. The highest BCUT2D eigenvalue weighted by molar-refractivity contribution is 7.18. The van der Waals surface area contributed by atoms with Gasteiger partial charge in [-0.25, -0.2) is 4.98 Å². The van der Waals surface area contributed by atoms with E-state index in [9.17, 15) is 0 Å². The standard InChI is InChI=1S/C21H26N4S/c1-21(2,3)20-23-17-14-18(16(22)13-19(17)26-20)25-11-9-24(10-12-25)15-7-5-4-6-8-15/h4-8,13-14H,9-12,22H2,1-3H3. The number of piperazine rings is 1. The van der Waals surface area contributed by atoms with E-state index in [0.717, 1.165) is 48.1 Å². The number of hydrogen-bond acceptors (Lipinski definition) is 5. The van der Waals surface area contributed by atoms with E-state index in [4.69, 9.17) is 10.7 Å². The fourth-order valence-corrected chi connectivity index (χ4v) is 4.47. The number of para-hydroxylation sites is 1. The van der Waals surface area contributed by atoms with E-state index in [0.29, 0.717) is 0 Å². The molecule has 1 aromatic heterocycles. The number of nitrogens with two attached hydrogens (primary N) is 1. The Morgan fingerprint density at radius 3 is 2.27 bits per heavy atom. The van der Waals surface area contributed by atoms with Gasteiger partial charge >= 0.3 is 0 Å². The molecule has 3 aromatic rings. The second-order valence-corrected chi connectivity index (χ2v) is 8.99. The van der Waals surface area contributed by atoms with Crippen molar-refractivity contribution in [3.63, 3.8) is 0 Å². The van der Waals surface area contributed by atoms with Gasteiger partial charge in [-0.3, -0.25) is 0 Å². The minimum Gasteiger partial charge on any atom is -0.397 e. The van der Waals surface area contributed by atoms with E-state index < -0.39 is 0 Å². The summed E-state index contributed by atoms with van der Waals surface area (Å²) in [6, 6.07) is 14.9. The zero-order valence-corrected chi connectivity index (χ0v) is 16.5. The molecule has 26 heavy (non-hydrogen) atoms. The molecule has 2 N–H and O–H groups in total. The van der Waals surface area contributed by atoms with Crippen molar-refractivity contribution in [3.05, 3.63) is 47.5 Å². The summed E-state index contributed by atoms with van der Waals surface area (Å²) in [5.74, 6) is 0. The molecule has 1 aliphatic rings. The Bertz CT molecular complexity index is 903. The molecule has 1 saturated heterocycles. The predicted molar refractivity (Wildman–Crippen MR) is 114 cm³/mol. The summed E-state index contributed by atoms with van der Waals surface area (Å²) >= 11 is 1.75. The molecule has 1 fully saturated rings. The number of anilines is 3. The first kappa shape index (κ1) is 17.2. The van der Waals surface area contributed by atoms with E-state index >= 15 is 0 Å². The highest BCUT2D eigenvalue weighted by Gasteiger charge is 2.22. The number of nitrogen functional groups attached to an aromatic ring is 1. The smallest absolute Gasteiger partial charge is 0.0992 e. The van der Waals surface area contributed by atoms with Crippen molar-refractivity contribution in [2.24, 2.45) is 0 Å². The average Bonchev–Trinajstić information content (AvgIpc) is 3.05. The van der Waals surface area contributed by atoms with Crippen LogP contribution in [0.3, 0.4) is 0 Å². The van der Waals surface area contributed by atoms with Crippen LogP contribution in [0.1, 0.15) is 25.8 Å². The monoisotopic (exact) mass is 366 g/mol. The molecule has 2 heterocycles. The molecule has 0 aliphatic carbocycles. The highest BCUT2D eigenvalue weighted by Crippen LogP contribution is 2.36. The fourth-order valence-electron chi connectivity index (χ4n) is 3.42. The van der Waals surface area contributed by atoms with Gasteiger partial charge in [0.15, 0.2) is 0 Å². The molecule has 0 unspecified atom stereocenters. The van der Waals surface area contributed by atoms with Gasteiger partial charge in [0, 0.05) is 37.3 Å². The Morgan fingerprint density at radius 2 is 1.62 bits per heavy atom. The second kappa shape index (κ2) is 6.47. The lowest BCUT2D eigenvalue weighted by atomic mass is 9.98. The van der Waals surface area contributed by atoms with E-state index in [1.165, 1.54) is 10.4 Å². The number of rotatable bonds is 2. The molecule has 4 rings (SSSR count). The van der Waals surface area contributed by atoms with Gasteiger partial charge in [0.05, 0.1) is 26.6 Å². The zero-order chi connectivity index (χ0) is 18.3. The minimum absolute atomic E-state index is 0.0694. The molecular weight excluding hydrogens is 340 g/mol. The average molecular weight is 367 g/mol. The van der Waals surface area contributed by atoms with E-state index in [2.05, 4.69) is 73.0 Å². The number of nitrogens with zero attached hydrogens (tertiary/aromatic N) is 3. The lowest BCUT2D eigenvalue weighted by molar-refractivity contribution is 0.587. The maximum atomic E-state index is 6.41. The van der Waals surface area contributed by atoms with E-state index in [1.807, 2.05) is 0 Å². The van der Waals surface area contributed by atoms with E-state index in [1.54, 1.807) is 11.3 Å². The van der Waals surface area contributed by atoms with Crippen LogP contribution < -0.4 is 15.5 Å². The first-order chi connectivity index (χ1) is 12.4. The predicted octanol–water partition coefficient (Wildman–Crippen LogP) is 4.50. The summed E-state index contributed by atoms with van der Waals surface area (Å²) in [6.07, 6.45) is 0.